The Morgan fingerprint density at radius 2 is 1.93 bits per heavy atom. The number of hydrogen-bond donors (Lipinski definition) is 2. The van der Waals surface area contributed by atoms with Gasteiger partial charge in [-0.25, -0.2) is 17.2 Å². The number of nitrogens with one attached hydrogen (secondary N) is 2. The van der Waals surface area contributed by atoms with E-state index >= 15 is 0 Å². The summed E-state index contributed by atoms with van der Waals surface area (Å²) < 4.78 is 92.5. The molecule has 2 aromatic rings. The first-order valence-corrected chi connectivity index (χ1v) is 10.6. The third-order valence-electron chi connectivity index (χ3n) is 4.42. The van der Waals surface area contributed by atoms with Crippen molar-refractivity contribution in [1.29, 1.82) is 0 Å². The molecule has 2 N–H and O–H groups in total. The molecule has 0 amide bonds. The van der Waals surface area contributed by atoms with Gasteiger partial charge in [-0.15, -0.1) is 0 Å². The van der Waals surface area contributed by atoms with Gasteiger partial charge in [0.2, 0.25) is 0 Å². The summed E-state index contributed by atoms with van der Waals surface area (Å²) in [5.41, 5.74) is -1.38. The smallest absolute Gasteiger partial charge is 0.363 e. The molecular weight excluding hydrogens is 411 g/mol. The van der Waals surface area contributed by atoms with E-state index in [0.717, 1.165) is 12.1 Å². The van der Waals surface area contributed by atoms with Crippen LogP contribution in [0.1, 0.15) is 23.2 Å². The van der Waals surface area contributed by atoms with Crippen LogP contribution in [0.3, 0.4) is 0 Å². The van der Waals surface area contributed by atoms with Gasteiger partial charge in [-0.1, -0.05) is 0 Å². The van der Waals surface area contributed by atoms with Gasteiger partial charge in [0.15, 0.2) is 0 Å². The second-order valence-electron chi connectivity index (χ2n) is 6.13. The van der Waals surface area contributed by atoms with Crippen molar-refractivity contribution in [1.82, 2.24) is 4.98 Å². The third-order valence-corrected chi connectivity index (χ3v) is 6.92. The third kappa shape index (κ3) is 3.93. The van der Waals surface area contributed by atoms with Crippen molar-refractivity contribution in [3.63, 3.8) is 0 Å². The number of aromatic amines is 1. The minimum atomic E-state index is -5.09. The molecule has 1 aliphatic rings. The number of thioether (sulfide) groups is 1. The summed E-state index contributed by atoms with van der Waals surface area (Å²) in [5.74, 6) is -3.28. The second kappa shape index (κ2) is 7.01. The van der Waals surface area contributed by atoms with E-state index in [1.54, 1.807) is 11.8 Å². The lowest BCUT2D eigenvalue weighted by Gasteiger charge is -2.21. The summed E-state index contributed by atoms with van der Waals surface area (Å²) in [6.07, 6.45) is 0.0290. The van der Waals surface area contributed by atoms with Crippen LogP contribution in [0.15, 0.2) is 23.2 Å². The predicted molar refractivity (Wildman–Crippen MR) is 92.3 cm³/mol. The molecule has 0 bridgehead atoms. The topological polar surface area (TPSA) is 62.0 Å². The maximum Gasteiger partial charge on any atom is 0.419 e. The lowest BCUT2D eigenvalue weighted by atomic mass is 9.98. The van der Waals surface area contributed by atoms with Crippen molar-refractivity contribution in [3.05, 3.63) is 46.8 Å². The molecule has 0 saturated carbocycles. The average Bonchev–Trinajstić information content (AvgIpc) is 3.00. The van der Waals surface area contributed by atoms with Crippen molar-refractivity contribution < 1.29 is 30.4 Å². The largest absolute Gasteiger partial charge is 0.419 e. The lowest BCUT2D eigenvalue weighted by Crippen LogP contribution is -2.20. The van der Waals surface area contributed by atoms with E-state index in [4.69, 9.17) is 0 Å². The molecule has 27 heavy (non-hydrogen) atoms. The summed E-state index contributed by atoms with van der Waals surface area (Å²) in [4.78, 5) is 2.77. The number of sulfonamides is 1. The molecule has 0 aliphatic heterocycles. The molecular formula is C16H15F5N2O2S2. The van der Waals surface area contributed by atoms with Crippen LogP contribution in [0.4, 0.5) is 27.6 Å². The number of halogens is 5. The van der Waals surface area contributed by atoms with Crippen LogP contribution < -0.4 is 4.72 Å². The van der Waals surface area contributed by atoms with Crippen molar-refractivity contribution in [2.75, 3.05) is 11.0 Å². The number of alkyl halides is 3. The van der Waals surface area contributed by atoms with E-state index in [-0.39, 0.29) is 17.0 Å². The molecule has 1 aromatic carbocycles. The van der Waals surface area contributed by atoms with Crippen LogP contribution in [0.5, 0.6) is 0 Å². The first-order chi connectivity index (χ1) is 12.5. The van der Waals surface area contributed by atoms with E-state index in [2.05, 4.69) is 4.98 Å². The van der Waals surface area contributed by atoms with E-state index < -0.39 is 39.1 Å². The van der Waals surface area contributed by atoms with Gasteiger partial charge in [-0.2, -0.15) is 24.9 Å². The summed E-state index contributed by atoms with van der Waals surface area (Å²) in [7, 11) is -4.30. The summed E-state index contributed by atoms with van der Waals surface area (Å²) in [6.45, 7) is 0. The summed E-state index contributed by atoms with van der Waals surface area (Å²) in [6, 6.07) is 0.126. The van der Waals surface area contributed by atoms with Crippen molar-refractivity contribution in [3.8, 4) is 0 Å². The van der Waals surface area contributed by atoms with Crippen molar-refractivity contribution in [2.45, 2.75) is 35.6 Å². The standard InChI is InChI=1S/C16H15F5N2O2S2/c1-26-8-2-3-9-13(4-8)22-7-15(9)27(24,25)23-14-6-11(17)10(5-12(14)18)16(19,20)21/h5-8,22-23H,2-4H2,1H3. The van der Waals surface area contributed by atoms with Crippen molar-refractivity contribution in [2.24, 2.45) is 0 Å². The number of benzene rings is 1. The predicted octanol–water partition coefficient (Wildman–Crippen LogP) is 4.33. The number of aromatic nitrogens is 1. The average molecular weight is 426 g/mol. The van der Waals surface area contributed by atoms with Crippen LogP contribution in [-0.2, 0) is 29.0 Å². The number of fused-ring (bicyclic) bond motifs is 1. The molecule has 1 atom stereocenters. The SMILES string of the molecule is CSC1CCc2c(S(=O)(=O)Nc3cc(F)c(C(F)(F)F)cc3F)c[nH]c2C1. The van der Waals surface area contributed by atoms with Gasteiger partial charge in [0, 0.05) is 23.2 Å². The highest BCUT2D eigenvalue weighted by Crippen LogP contribution is 2.35. The fourth-order valence-electron chi connectivity index (χ4n) is 3.05. The van der Waals surface area contributed by atoms with Gasteiger partial charge >= 0.3 is 6.18 Å². The van der Waals surface area contributed by atoms with Gasteiger partial charge in [0.1, 0.15) is 16.5 Å². The van der Waals surface area contributed by atoms with Crippen LogP contribution in [-0.4, -0.2) is 24.9 Å². The normalized spacial score (nSPS) is 17.6. The molecule has 1 aromatic heterocycles. The molecule has 0 radical (unpaired) electrons. The fraction of sp³-hybridized carbons (Fsp3) is 0.375. The van der Waals surface area contributed by atoms with Crippen LogP contribution in [0.25, 0.3) is 0 Å². The number of anilines is 1. The fourth-order valence-corrected chi connectivity index (χ4v) is 5.06. The van der Waals surface area contributed by atoms with Crippen LogP contribution in [0.2, 0.25) is 0 Å². The molecule has 1 aliphatic carbocycles. The van der Waals surface area contributed by atoms with Gasteiger partial charge in [-0.05, 0) is 37.1 Å². The highest BCUT2D eigenvalue weighted by atomic mass is 32.2. The van der Waals surface area contributed by atoms with E-state index in [1.807, 2.05) is 11.0 Å². The van der Waals surface area contributed by atoms with E-state index in [9.17, 15) is 30.4 Å². The summed E-state index contributed by atoms with van der Waals surface area (Å²) >= 11 is 1.67. The van der Waals surface area contributed by atoms with Gasteiger partial charge in [0.25, 0.3) is 10.0 Å². The van der Waals surface area contributed by atoms with E-state index in [1.165, 1.54) is 6.20 Å². The quantitative estimate of drug-likeness (QED) is 0.716. The number of rotatable bonds is 4. The van der Waals surface area contributed by atoms with Gasteiger partial charge in [-0.3, -0.25) is 4.72 Å². The molecule has 0 fully saturated rings. The Kier molecular flexibility index (Phi) is 5.19. The minimum absolute atomic E-state index is 0.0666. The molecule has 1 unspecified atom stereocenters. The van der Waals surface area contributed by atoms with Gasteiger partial charge < -0.3 is 4.98 Å². The molecule has 4 nitrogen and oxygen atoms in total. The Morgan fingerprint density at radius 1 is 1.22 bits per heavy atom. The maximum absolute atomic E-state index is 14.0. The zero-order valence-corrected chi connectivity index (χ0v) is 15.6. The van der Waals surface area contributed by atoms with Crippen LogP contribution in [0, 0.1) is 11.6 Å². The molecule has 1 heterocycles. The first-order valence-electron chi connectivity index (χ1n) is 7.84. The zero-order valence-electron chi connectivity index (χ0n) is 14.0. The zero-order chi connectivity index (χ0) is 20.0. The summed E-state index contributed by atoms with van der Waals surface area (Å²) in [5, 5.41) is 0.348. The Morgan fingerprint density at radius 3 is 2.56 bits per heavy atom. The monoisotopic (exact) mass is 426 g/mol. The molecule has 148 valence electrons. The molecule has 0 spiro atoms. The van der Waals surface area contributed by atoms with Crippen molar-refractivity contribution >= 4 is 27.5 Å². The Hall–Kier alpha value is -1.75. The number of H-pyrrole nitrogens is 1. The Balaban J connectivity index is 1.93. The molecule has 11 heteroatoms. The highest BCUT2D eigenvalue weighted by Gasteiger charge is 2.36. The lowest BCUT2D eigenvalue weighted by molar-refractivity contribution is -0.140. The molecule has 0 saturated heterocycles. The van der Waals surface area contributed by atoms with E-state index in [0.29, 0.717) is 23.7 Å². The first kappa shape index (κ1) is 20.0. The number of hydrogen-bond acceptors (Lipinski definition) is 3. The minimum Gasteiger partial charge on any atom is -0.363 e. The second-order valence-corrected chi connectivity index (χ2v) is 8.91. The highest BCUT2D eigenvalue weighted by molar-refractivity contribution is 7.99. The van der Waals surface area contributed by atoms with Crippen LogP contribution >= 0.6 is 11.8 Å². The van der Waals surface area contributed by atoms with Gasteiger partial charge in [0.05, 0.1) is 11.3 Å². The molecule has 3 rings (SSSR count). The maximum atomic E-state index is 14.0. The Labute approximate surface area is 156 Å². The Bertz CT molecular complexity index is 970.